The molecule has 0 unspecified atom stereocenters. The number of nitrogens with zero attached hydrogens (tertiary/aromatic N) is 1. The SMILES string of the molecule is c1ccc(N(c2cccc3cc4c(cc23)-c2cc3ccccc3cc2-4)c2cccc3cc4c(cc23)-c2cc3ccccc3cc2-4)cc1. The van der Waals surface area contributed by atoms with E-state index in [0.717, 1.165) is 5.69 Å². The third-order valence-corrected chi connectivity index (χ3v) is 10.4. The molecule has 0 saturated heterocycles. The van der Waals surface area contributed by atoms with E-state index in [-0.39, 0.29) is 0 Å². The van der Waals surface area contributed by atoms with Gasteiger partial charge in [0.1, 0.15) is 0 Å². The Hall–Kier alpha value is -6.18. The van der Waals surface area contributed by atoms with E-state index in [2.05, 4.69) is 169 Å². The topological polar surface area (TPSA) is 3.24 Å². The minimum absolute atomic E-state index is 1.15. The van der Waals surface area contributed by atoms with Crippen molar-refractivity contribution >= 4 is 60.2 Å². The van der Waals surface area contributed by atoms with Gasteiger partial charge in [0.25, 0.3) is 0 Å². The first kappa shape index (κ1) is 25.1. The summed E-state index contributed by atoms with van der Waals surface area (Å²) in [6.45, 7) is 0. The molecule has 0 aromatic heterocycles. The number of hydrogen-bond acceptors (Lipinski definition) is 1. The van der Waals surface area contributed by atoms with E-state index in [4.69, 9.17) is 0 Å². The van der Waals surface area contributed by atoms with Gasteiger partial charge in [-0.3, -0.25) is 0 Å². The Bertz CT molecular complexity index is 2620. The molecule has 0 N–H and O–H groups in total. The molecule has 0 radical (unpaired) electrons. The Kier molecular flexibility index (Phi) is 4.90. The molecule has 0 saturated carbocycles. The van der Waals surface area contributed by atoms with Gasteiger partial charge in [-0.05, 0) is 150 Å². The van der Waals surface area contributed by atoms with Crippen LogP contribution in [0.5, 0.6) is 0 Å². The second kappa shape index (κ2) is 9.19. The molecule has 0 bridgehead atoms. The number of anilines is 3. The monoisotopic (exact) mass is 593 g/mol. The molecule has 0 spiro atoms. The lowest BCUT2D eigenvalue weighted by atomic mass is 9.77. The van der Waals surface area contributed by atoms with Crippen LogP contribution >= 0.6 is 0 Å². The van der Waals surface area contributed by atoms with Gasteiger partial charge >= 0.3 is 0 Å². The largest absolute Gasteiger partial charge is 0.309 e. The minimum atomic E-state index is 1.15. The summed E-state index contributed by atoms with van der Waals surface area (Å²) in [7, 11) is 0. The summed E-state index contributed by atoms with van der Waals surface area (Å²) >= 11 is 0. The average molecular weight is 594 g/mol. The van der Waals surface area contributed by atoms with Crippen LogP contribution in [0, 0.1) is 0 Å². The van der Waals surface area contributed by atoms with E-state index in [1.165, 1.54) is 99.0 Å². The van der Waals surface area contributed by atoms with Crippen LogP contribution in [0.3, 0.4) is 0 Å². The van der Waals surface area contributed by atoms with E-state index in [1.807, 2.05) is 0 Å². The predicted molar refractivity (Wildman–Crippen MR) is 200 cm³/mol. The summed E-state index contributed by atoms with van der Waals surface area (Å²) in [6, 6.07) is 60.7. The number of fused-ring (bicyclic) bond motifs is 12. The fourth-order valence-electron chi connectivity index (χ4n) is 8.13. The second-order valence-electron chi connectivity index (χ2n) is 13.0. The van der Waals surface area contributed by atoms with E-state index in [9.17, 15) is 0 Å². The van der Waals surface area contributed by atoms with Gasteiger partial charge < -0.3 is 4.90 Å². The van der Waals surface area contributed by atoms with Crippen molar-refractivity contribution in [3.8, 4) is 44.5 Å². The molecule has 2 aliphatic rings. The molecule has 1 heteroatoms. The summed E-state index contributed by atoms with van der Waals surface area (Å²) in [5.74, 6) is 0. The molecule has 2 aliphatic carbocycles. The summed E-state index contributed by atoms with van der Waals surface area (Å²) in [5, 5.41) is 10.2. The molecular formula is C46H27N. The van der Waals surface area contributed by atoms with Gasteiger partial charge in [0.2, 0.25) is 0 Å². The molecule has 0 atom stereocenters. The summed E-state index contributed by atoms with van der Waals surface area (Å²) in [5.41, 5.74) is 14.3. The number of hydrogen-bond donors (Lipinski definition) is 0. The van der Waals surface area contributed by atoms with Gasteiger partial charge in [-0.25, -0.2) is 0 Å². The van der Waals surface area contributed by atoms with Gasteiger partial charge in [-0.15, -0.1) is 0 Å². The van der Waals surface area contributed by atoms with Crippen molar-refractivity contribution in [2.45, 2.75) is 0 Å². The molecule has 0 amide bonds. The first-order chi connectivity index (χ1) is 23.3. The zero-order valence-electron chi connectivity index (χ0n) is 25.5. The predicted octanol–water partition coefficient (Wildman–Crippen LogP) is 13.1. The summed E-state index contributed by atoms with van der Waals surface area (Å²) in [6.07, 6.45) is 0. The smallest absolute Gasteiger partial charge is 0.0540 e. The van der Waals surface area contributed by atoms with Crippen molar-refractivity contribution in [2.24, 2.45) is 0 Å². The fourth-order valence-corrected chi connectivity index (χ4v) is 8.13. The molecule has 9 aromatic rings. The fraction of sp³-hybridized carbons (Fsp3) is 0. The number of para-hydroxylation sites is 1. The van der Waals surface area contributed by atoms with Crippen molar-refractivity contribution in [1.82, 2.24) is 0 Å². The maximum atomic E-state index is 2.46. The Morgan fingerprint density at radius 2 is 0.574 bits per heavy atom. The third-order valence-electron chi connectivity index (χ3n) is 10.4. The van der Waals surface area contributed by atoms with Gasteiger partial charge in [-0.1, -0.05) is 91.0 Å². The molecule has 11 rings (SSSR count). The number of rotatable bonds is 3. The van der Waals surface area contributed by atoms with E-state index in [0.29, 0.717) is 0 Å². The Morgan fingerprint density at radius 1 is 0.255 bits per heavy atom. The minimum Gasteiger partial charge on any atom is -0.309 e. The number of benzene rings is 9. The zero-order chi connectivity index (χ0) is 30.6. The molecule has 1 nitrogen and oxygen atoms in total. The van der Waals surface area contributed by atoms with Crippen molar-refractivity contribution in [3.05, 3.63) is 164 Å². The van der Waals surface area contributed by atoms with Crippen LogP contribution in [-0.4, -0.2) is 0 Å². The molecule has 47 heavy (non-hydrogen) atoms. The highest BCUT2D eigenvalue weighted by atomic mass is 15.1. The normalized spacial score (nSPS) is 12.3. The maximum Gasteiger partial charge on any atom is 0.0540 e. The van der Waals surface area contributed by atoms with Gasteiger partial charge in [-0.2, -0.15) is 0 Å². The summed E-state index contributed by atoms with van der Waals surface area (Å²) in [4.78, 5) is 2.46. The first-order valence-corrected chi connectivity index (χ1v) is 16.3. The Labute approximate surface area is 272 Å². The molecule has 216 valence electrons. The van der Waals surface area contributed by atoms with Crippen molar-refractivity contribution < 1.29 is 0 Å². The Balaban J connectivity index is 1.13. The lowest BCUT2D eigenvalue weighted by Gasteiger charge is -2.31. The molecule has 0 aliphatic heterocycles. The first-order valence-electron chi connectivity index (χ1n) is 16.3. The van der Waals surface area contributed by atoms with Crippen LogP contribution in [0.4, 0.5) is 17.1 Å². The molecular weight excluding hydrogens is 567 g/mol. The lowest BCUT2D eigenvalue weighted by molar-refractivity contribution is 1.31. The average Bonchev–Trinajstić information content (AvgIpc) is 3.13. The molecule has 9 aromatic carbocycles. The zero-order valence-corrected chi connectivity index (χ0v) is 25.5. The van der Waals surface area contributed by atoms with Crippen LogP contribution in [-0.2, 0) is 0 Å². The second-order valence-corrected chi connectivity index (χ2v) is 13.0. The third kappa shape index (κ3) is 3.49. The van der Waals surface area contributed by atoms with Crippen LogP contribution in [0.15, 0.2) is 164 Å². The Morgan fingerprint density at radius 3 is 0.979 bits per heavy atom. The summed E-state index contributed by atoms with van der Waals surface area (Å²) < 4.78 is 0. The van der Waals surface area contributed by atoms with Crippen LogP contribution in [0.2, 0.25) is 0 Å². The van der Waals surface area contributed by atoms with Crippen LogP contribution < -0.4 is 4.90 Å². The maximum absolute atomic E-state index is 2.46. The highest BCUT2D eigenvalue weighted by Gasteiger charge is 2.27. The van der Waals surface area contributed by atoms with E-state index < -0.39 is 0 Å². The highest BCUT2D eigenvalue weighted by Crippen LogP contribution is 2.54. The quantitative estimate of drug-likeness (QED) is 0.197. The van der Waals surface area contributed by atoms with Gasteiger partial charge in [0.05, 0.1) is 11.4 Å². The van der Waals surface area contributed by atoms with Crippen molar-refractivity contribution in [2.75, 3.05) is 4.90 Å². The lowest BCUT2D eigenvalue weighted by Crippen LogP contribution is -2.11. The van der Waals surface area contributed by atoms with Crippen LogP contribution in [0.1, 0.15) is 0 Å². The van der Waals surface area contributed by atoms with Crippen molar-refractivity contribution in [1.29, 1.82) is 0 Å². The van der Waals surface area contributed by atoms with E-state index >= 15 is 0 Å². The van der Waals surface area contributed by atoms with Crippen LogP contribution in [0.25, 0.3) is 87.6 Å². The molecule has 0 heterocycles. The van der Waals surface area contributed by atoms with Crippen molar-refractivity contribution in [3.63, 3.8) is 0 Å². The van der Waals surface area contributed by atoms with E-state index in [1.54, 1.807) is 0 Å². The molecule has 0 fully saturated rings. The highest BCUT2D eigenvalue weighted by molar-refractivity contribution is 6.17. The van der Waals surface area contributed by atoms with Gasteiger partial charge in [0.15, 0.2) is 0 Å². The van der Waals surface area contributed by atoms with Gasteiger partial charge in [0, 0.05) is 16.5 Å². The standard InChI is InChI=1S/C46H27N/c1-2-16-34(17-3-1)47(45-18-8-14-32-24-41-37-20-28-10-4-6-12-30(28)22-39(37)43(41)26-35(32)45)46-19-9-15-33-25-42-38-21-29-11-5-7-13-31(29)23-40(38)44(42)27-36(33)46/h1-27H.